The second kappa shape index (κ2) is 8.02. The van der Waals surface area contributed by atoms with Gasteiger partial charge in [-0.2, -0.15) is 0 Å². The van der Waals surface area contributed by atoms with E-state index in [0.717, 1.165) is 4.90 Å². The van der Waals surface area contributed by atoms with Gasteiger partial charge in [-0.1, -0.05) is 35.3 Å². The highest BCUT2D eigenvalue weighted by molar-refractivity contribution is 7.80. The van der Waals surface area contributed by atoms with Crippen LogP contribution in [0.4, 0.5) is 10.1 Å². The number of thiocarbonyl (C=S) groups is 1. The van der Waals surface area contributed by atoms with Crippen molar-refractivity contribution in [2.24, 2.45) is 0 Å². The molecule has 4 rings (SSSR count). The van der Waals surface area contributed by atoms with Crippen LogP contribution in [0.1, 0.15) is 5.76 Å². The first kappa shape index (κ1) is 20.3. The first-order valence-electron chi connectivity index (χ1n) is 8.56. The monoisotopic (exact) mass is 460 g/mol. The highest BCUT2D eigenvalue weighted by atomic mass is 35.5. The number of furan rings is 1. The average Bonchev–Trinajstić information content (AvgIpc) is 3.17. The van der Waals surface area contributed by atoms with Crippen molar-refractivity contribution in [3.05, 3.63) is 81.8 Å². The van der Waals surface area contributed by atoms with Crippen molar-refractivity contribution in [2.45, 2.75) is 0 Å². The van der Waals surface area contributed by atoms with Crippen LogP contribution in [0.25, 0.3) is 17.4 Å². The van der Waals surface area contributed by atoms with Crippen molar-refractivity contribution in [1.29, 1.82) is 0 Å². The number of para-hydroxylation sites is 1. The number of halogens is 3. The van der Waals surface area contributed by atoms with Gasteiger partial charge in [-0.05, 0) is 60.8 Å². The number of amides is 2. The zero-order chi connectivity index (χ0) is 21.4. The van der Waals surface area contributed by atoms with Crippen molar-refractivity contribution in [2.75, 3.05) is 4.90 Å². The zero-order valence-corrected chi connectivity index (χ0v) is 17.3. The summed E-state index contributed by atoms with van der Waals surface area (Å²) < 4.78 is 19.9. The van der Waals surface area contributed by atoms with E-state index in [-0.39, 0.29) is 22.1 Å². The maximum Gasteiger partial charge on any atom is 0.270 e. The van der Waals surface area contributed by atoms with Crippen LogP contribution in [-0.4, -0.2) is 16.9 Å². The molecule has 0 atom stereocenters. The van der Waals surface area contributed by atoms with Crippen molar-refractivity contribution in [3.63, 3.8) is 0 Å². The fourth-order valence-corrected chi connectivity index (χ4v) is 3.46. The molecule has 0 radical (unpaired) electrons. The van der Waals surface area contributed by atoms with Crippen LogP contribution in [0.3, 0.4) is 0 Å². The number of benzene rings is 2. The molecule has 1 aliphatic heterocycles. The van der Waals surface area contributed by atoms with Crippen molar-refractivity contribution in [3.8, 4) is 11.3 Å². The predicted molar refractivity (Wildman–Crippen MR) is 117 cm³/mol. The SMILES string of the molecule is O=C1NC(=S)N(c2ccccc2F)C(=O)/C1=C\c1ccc(-c2ccc(Cl)c(Cl)c2)o1. The summed E-state index contributed by atoms with van der Waals surface area (Å²) in [5.74, 6) is -1.41. The van der Waals surface area contributed by atoms with E-state index in [9.17, 15) is 14.0 Å². The molecule has 0 saturated carbocycles. The number of carbonyl (C=O) groups excluding carboxylic acids is 2. The second-order valence-corrected chi connectivity index (χ2v) is 7.44. The Kier molecular flexibility index (Phi) is 5.42. The molecule has 2 amide bonds. The van der Waals surface area contributed by atoms with Gasteiger partial charge in [0.15, 0.2) is 5.11 Å². The molecule has 0 aliphatic carbocycles. The zero-order valence-electron chi connectivity index (χ0n) is 15.0. The van der Waals surface area contributed by atoms with Crippen molar-refractivity contribution >= 4 is 64.1 Å². The van der Waals surface area contributed by atoms with Crippen LogP contribution in [0.5, 0.6) is 0 Å². The van der Waals surface area contributed by atoms with E-state index in [0.29, 0.717) is 21.4 Å². The fourth-order valence-electron chi connectivity index (χ4n) is 2.89. The summed E-state index contributed by atoms with van der Waals surface area (Å²) in [4.78, 5) is 26.2. The summed E-state index contributed by atoms with van der Waals surface area (Å²) in [6, 6.07) is 13.9. The summed E-state index contributed by atoms with van der Waals surface area (Å²) in [6.45, 7) is 0. The Labute approximate surface area is 185 Å². The standard InChI is InChI=1S/C21H11Cl2FN2O3S/c22-14-7-5-11(9-15(14)23)18-8-6-12(29-18)10-13-19(27)25-21(30)26(20(13)28)17-4-2-1-3-16(17)24/h1-10H,(H,25,27,30)/b13-10-. The number of nitrogens with one attached hydrogen (secondary N) is 1. The van der Waals surface area contributed by atoms with Gasteiger partial charge in [-0.15, -0.1) is 0 Å². The van der Waals surface area contributed by atoms with Gasteiger partial charge in [-0.3, -0.25) is 14.9 Å². The molecule has 2 aromatic carbocycles. The second-order valence-electron chi connectivity index (χ2n) is 6.24. The van der Waals surface area contributed by atoms with Crippen LogP contribution in [0.15, 0.2) is 64.6 Å². The predicted octanol–water partition coefficient (Wildman–Crippen LogP) is 5.22. The van der Waals surface area contributed by atoms with Gasteiger partial charge < -0.3 is 4.42 Å². The number of rotatable bonds is 3. The Balaban J connectivity index is 1.69. The van der Waals surface area contributed by atoms with Crippen LogP contribution in [-0.2, 0) is 9.59 Å². The summed E-state index contributed by atoms with van der Waals surface area (Å²) in [6.07, 6.45) is 1.27. The van der Waals surface area contributed by atoms with Gasteiger partial charge >= 0.3 is 0 Å². The lowest BCUT2D eigenvalue weighted by Crippen LogP contribution is -2.54. The lowest BCUT2D eigenvalue weighted by atomic mass is 10.1. The molecular formula is C21H11Cl2FN2O3S. The first-order chi connectivity index (χ1) is 14.3. The molecule has 1 aromatic heterocycles. The molecule has 30 heavy (non-hydrogen) atoms. The molecule has 3 aromatic rings. The van der Waals surface area contributed by atoms with Gasteiger partial charge in [0.25, 0.3) is 11.8 Å². The lowest BCUT2D eigenvalue weighted by molar-refractivity contribution is -0.122. The van der Waals surface area contributed by atoms with E-state index in [2.05, 4.69) is 5.32 Å². The number of nitrogens with zero attached hydrogens (tertiary/aromatic N) is 1. The highest BCUT2D eigenvalue weighted by Crippen LogP contribution is 2.31. The number of carbonyl (C=O) groups is 2. The van der Waals surface area contributed by atoms with E-state index in [1.54, 1.807) is 36.4 Å². The maximum atomic E-state index is 14.2. The fraction of sp³-hybridized carbons (Fsp3) is 0. The van der Waals surface area contributed by atoms with Crippen molar-refractivity contribution in [1.82, 2.24) is 5.32 Å². The molecule has 1 saturated heterocycles. The van der Waals surface area contributed by atoms with Crippen LogP contribution in [0, 0.1) is 5.82 Å². The number of hydrogen-bond donors (Lipinski definition) is 1. The number of hydrogen-bond acceptors (Lipinski definition) is 4. The topological polar surface area (TPSA) is 62.6 Å². The number of anilines is 1. The summed E-state index contributed by atoms with van der Waals surface area (Å²) in [5, 5.41) is 2.96. The third-order valence-electron chi connectivity index (χ3n) is 4.31. The van der Waals surface area contributed by atoms with Crippen LogP contribution >= 0.6 is 35.4 Å². The normalized spacial score (nSPS) is 15.6. The third-order valence-corrected chi connectivity index (χ3v) is 5.34. The Morgan fingerprint density at radius 1 is 1.03 bits per heavy atom. The average molecular weight is 461 g/mol. The van der Waals surface area contributed by atoms with E-state index < -0.39 is 17.6 Å². The van der Waals surface area contributed by atoms with Gasteiger partial charge in [0.1, 0.15) is 22.9 Å². The molecule has 1 aliphatic rings. The third kappa shape index (κ3) is 3.75. The van der Waals surface area contributed by atoms with E-state index >= 15 is 0 Å². The molecule has 2 heterocycles. The molecule has 1 N–H and O–H groups in total. The first-order valence-corrected chi connectivity index (χ1v) is 9.73. The van der Waals surface area contributed by atoms with Gasteiger partial charge in [0.2, 0.25) is 0 Å². The van der Waals surface area contributed by atoms with Crippen LogP contribution < -0.4 is 10.2 Å². The molecule has 0 bridgehead atoms. The smallest absolute Gasteiger partial charge is 0.270 e. The minimum Gasteiger partial charge on any atom is -0.457 e. The molecule has 9 heteroatoms. The van der Waals surface area contributed by atoms with E-state index in [1.807, 2.05) is 0 Å². The Morgan fingerprint density at radius 2 is 1.80 bits per heavy atom. The van der Waals surface area contributed by atoms with Crippen LogP contribution in [0.2, 0.25) is 10.0 Å². The van der Waals surface area contributed by atoms with E-state index in [1.165, 1.54) is 24.3 Å². The Hall–Kier alpha value is -3.00. The summed E-state index contributed by atoms with van der Waals surface area (Å²) in [5.41, 5.74) is 0.360. The van der Waals surface area contributed by atoms with Crippen molar-refractivity contribution < 1.29 is 18.4 Å². The minimum absolute atomic E-state index is 0.0608. The Morgan fingerprint density at radius 3 is 2.53 bits per heavy atom. The summed E-state index contributed by atoms with van der Waals surface area (Å²) >= 11 is 17.0. The molecule has 1 fully saturated rings. The lowest BCUT2D eigenvalue weighted by Gasteiger charge is -2.28. The van der Waals surface area contributed by atoms with E-state index in [4.69, 9.17) is 39.8 Å². The molecular weight excluding hydrogens is 450 g/mol. The highest BCUT2D eigenvalue weighted by Gasteiger charge is 2.35. The quantitative estimate of drug-likeness (QED) is 0.330. The largest absolute Gasteiger partial charge is 0.457 e. The minimum atomic E-state index is -0.763. The molecule has 5 nitrogen and oxygen atoms in total. The molecule has 0 spiro atoms. The van der Waals surface area contributed by atoms with Gasteiger partial charge in [0, 0.05) is 5.56 Å². The van der Waals surface area contributed by atoms with Gasteiger partial charge in [0.05, 0.1) is 15.7 Å². The maximum absolute atomic E-state index is 14.2. The molecule has 150 valence electrons. The molecule has 0 unspecified atom stereocenters. The summed E-state index contributed by atoms with van der Waals surface area (Å²) in [7, 11) is 0. The Bertz CT molecular complexity index is 1240. The van der Waals surface area contributed by atoms with Gasteiger partial charge in [-0.25, -0.2) is 9.29 Å².